The molecule has 7 nitrogen and oxygen atoms in total. The second kappa shape index (κ2) is 7.26. The van der Waals surface area contributed by atoms with Crippen molar-refractivity contribution >= 4 is 11.4 Å². The molecule has 0 radical (unpaired) electrons. The van der Waals surface area contributed by atoms with Crippen LogP contribution in [-0.4, -0.2) is 24.9 Å². The number of para-hydroxylation sites is 1. The third kappa shape index (κ3) is 3.23. The maximum Gasteiger partial charge on any atom is 0.278 e. The molecule has 2 aromatic carbocycles. The number of fused-ring (bicyclic) bond motifs is 1. The largest absolute Gasteiger partial charge is 0.493 e. The standard InChI is InChI=1S/C19H19N3O4/c1-12-8-13-9-17(25-2)18(26-3)10-15(13)19(21-20-11-12)14-6-4-5-7-16(14)22(23)24/h4-7,9-11,20H,8H2,1-3H3/b12-11-,21-19-. The molecule has 1 aliphatic rings. The highest BCUT2D eigenvalue weighted by Gasteiger charge is 2.24. The number of nitro groups is 1. The minimum absolute atomic E-state index is 0.00457. The van der Waals surface area contributed by atoms with Crippen LogP contribution in [0.3, 0.4) is 0 Å². The smallest absolute Gasteiger partial charge is 0.278 e. The van der Waals surface area contributed by atoms with Crippen molar-refractivity contribution < 1.29 is 14.4 Å². The van der Waals surface area contributed by atoms with Crippen molar-refractivity contribution in [3.63, 3.8) is 0 Å². The molecule has 0 amide bonds. The van der Waals surface area contributed by atoms with E-state index >= 15 is 0 Å². The molecule has 0 saturated heterocycles. The first-order valence-electron chi connectivity index (χ1n) is 8.03. The summed E-state index contributed by atoms with van der Waals surface area (Å²) in [5.41, 5.74) is 6.59. The fraction of sp³-hybridized carbons (Fsp3) is 0.211. The average molecular weight is 353 g/mol. The van der Waals surface area contributed by atoms with E-state index in [9.17, 15) is 10.1 Å². The Morgan fingerprint density at radius 3 is 2.50 bits per heavy atom. The summed E-state index contributed by atoms with van der Waals surface area (Å²) in [4.78, 5) is 11.1. The van der Waals surface area contributed by atoms with Crippen LogP contribution in [0, 0.1) is 10.1 Å². The number of hydrogen-bond donors (Lipinski definition) is 1. The van der Waals surface area contributed by atoms with Crippen molar-refractivity contribution in [2.75, 3.05) is 14.2 Å². The molecule has 0 spiro atoms. The van der Waals surface area contributed by atoms with E-state index in [1.807, 2.05) is 19.1 Å². The third-order valence-corrected chi connectivity index (χ3v) is 4.18. The molecule has 1 aliphatic heterocycles. The summed E-state index contributed by atoms with van der Waals surface area (Å²) in [6.45, 7) is 1.99. The van der Waals surface area contributed by atoms with E-state index < -0.39 is 4.92 Å². The Hall–Kier alpha value is -3.35. The topological polar surface area (TPSA) is 86.0 Å². The predicted octanol–water partition coefficient (Wildman–Crippen LogP) is 3.41. The van der Waals surface area contributed by atoms with Gasteiger partial charge in [0.05, 0.1) is 24.7 Å². The van der Waals surface area contributed by atoms with Crippen molar-refractivity contribution in [2.24, 2.45) is 5.10 Å². The summed E-state index contributed by atoms with van der Waals surface area (Å²) in [5, 5.41) is 15.9. The number of nitrogens with one attached hydrogen (secondary N) is 1. The van der Waals surface area contributed by atoms with Gasteiger partial charge in [-0.05, 0) is 37.1 Å². The van der Waals surface area contributed by atoms with Crippen molar-refractivity contribution in [3.8, 4) is 11.5 Å². The minimum atomic E-state index is -0.405. The number of hydrazone groups is 1. The van der Waals surface area contributed by atoms with Crippen molar-refractivity contribution in [3.05, 3.63) is 75.0 Å². The third-order valence-electron chi connectivity index (χ3n) is 4.18. The van der Waals surface area contributed by atoms with Crippen LogP contribution in [0.15, 0.2) is 53.3 Å². The second-order valence-corrected chi connectivity index (χ2v) is 5.90. The monoisotopic (exact) mass is 353 g/mol. The summed E-state index contributed by atoms with van der Waals surface area (Å²) in [6, 6.07) is 10.3. The van der Waals surface area contributed by atoms with E-state index in [-0.39, 0.29) is 5.69 Å². The van der Waals surface area contributed by atoms with Crippen molar-refractivity contribution in [2.45, 2.75) is 13.3 Å². The van der Waals surface area contributed by atoms with Crippen molar-refractivity contribution in [1.29, 1.82) is 0 Å². The van der Waals surface area contributed by atoms with Crippen LogP contribution in [-0.2, 0) is 6.42 Å². The predicted molar refractivity (Wildman–Crippen MR) is 98.9 cm³/mol. The van der Waals surface area contributed by atoms with Gasteiger partial charge in [0.25, 0.3) is 5.69 Å². The van der Waals surface area contributed by atoms with Gasteiger partial charge in [-0.2, -0.15) is 5.10 Å². The first-order chi connectivity index (χ1) is 12.5. The van der Waals surface area contributed by atoms with Gasteiger partial charge in [0, 0.05) is 17.8 Å². The number of nitro benzene ring substituents is 1. The number of hydrogen-bond acceptors (Lipinski definition) is 6. The summed E-state index contributed by atoms with van der Waals surface area (Å²) in [6.07, 6.45) is 2.44. The Kier molecular flexibility index (Phi) is 4.88. The quantitative estimate of drug-likeness (QED) is 0.672. The Labute approximate surface area is 151 Å². The highest BCUT2D eigenvalue weighted by Crippen LogP contribution is 2.34. The van der Waals surface area contributed by atoms with Crippen LogP contribution < -0.4 is 14.9 Å². The molecule has 0 aliphatic carbocycles. The fourth-order valence-corrected chi connectivity index (χ4v) is 2.94. The maximum absolute atomic E-state index is 11.5. The lowest BCUT2D eigenvalue weighted by Crippen LogP contribution is -2.16. The first-order valence-corrected chi connectivity index (χ1v) is 8.03. The van der Waals surface area contributed by atoms with Crippen LogP contribution >= 0.6 is 0 Å². The van der Waals surface area contributed by atoms with E-state index in [0.29, 0.717) is 29.2 Å². The van der Waals surface area contributed by atoms with Crippen LogP contribution in [0.4, 0.5) is 5.69 Å². The molecular formula is C19H19N3O4. The number of methoxy groups -OCH3 is 2. The van der Waals surface area contributed by atoms with Gasteiger partial charge in [-0.1, -0.05) is 17.7 Å². The van der Waals surface area contributed by atoms with E-state index in [1.165, 1.54) is 6.07 Å². The molecule has 1 N–H and O–H groups in total. The number of rotatable bonds is 4. The van der Waals surface area contributed by atoms with E-state index in [4.69, 9.17) is 9.47 Å². The Balaban J connectivity index is 2.28. The average Bonchev–Trinajstić information content (AvgIpc) is 2.63. The SMILES string of the molecule is COc1cc2c(cc1OC)/C(c1ccccc1[N+](=O)[O-])=N\N/C=C(/C)C2. The molecule has 0 aromatic heterocycles. The molecule has 0 fully saturated rings. The van der Waals surface area contributed by atoms with Gasteiger partial charge in [-0.25, -0.2) is 0 Å². The zero-order valence-electron chi connectivity index (χ0n) is 14.8. The van der Waals surface area contributed by atoms with Crippen LogP contribution in [0.25, 0.3) is 0 Å². The van der Waals surface area contributed by atoms with Gasteiger partial charge in [0.1, 0.15) is 5.71 Å². The Morgan fingerprint density at radius 2 is 1.81 bits per heavy atom. The highest BCUT2D eigenvalue weighted by atomic mass is 16.6. The maximum atomic E-state index is 11.5. The Bertz CT molecular complexity index is 919. The molecule has 7 heteroatoms. The summed E-state index contributed by atoms with van der Waals surface area (Å²) in [7, 11) is 3.13. The van der Waals surface area contributed by atoms with Gasteiger partial charge in [0.2, 0.25) is 0 Å². The van der Waals surface area contributed by atoms with Crippen LogP contribution in [0.2, 0.25) is 0 Å². The zero-order valence-corrected chi connectivity index (χ0v) is 14.8. The van der Waals surface area contributed by atoms with Gasteiger partial charge < -0.3 is 9.47 Å². The summed E-state index contributed by atoms with van der Waals surface area (Å²) >= 11 is 0. The van der Waals surface area contributed by atoms with Gasteiger partial charge in [-0.3, -0.25) is 15.5 Å². The van der Waals surface area contributed by atoms with Gasteiger partial charge in [0.15, 0.2) is 11.5 Å². The van der Waals surface area contributed by atoms with E-state index in [2.05, 4.69) is 10.5 Å². The molecule has 3 rings (SSSR count). The molecule has 0 bridgehead atoms. The second-order valence-electron chi connectivity index (χ2n) is 5.90. The molecule has 2 aromatic rings. The Morgan fingerprint density at radius 1 is 1.12 bits per heavy atom. The molecular weight excluding hydrogens is 334 g/mol. The first kappa shape index (κ1) is 17.5. The highest BCUT2D eigenvalue weighted by molar-refractivity contribution is 6.16. The zero-order chi connectivity index (χ0) is 18.7. The lowest BCUT2D eigenvalue weighted by molar-refractivity contribution is -0.385. The summed E-state index contributed by atoms with van der Waals surface area (Å²) < 4.78 is 10.8. The molecule has 134 valence electrons. The molecule has 0 unspecified atom stereocenters. The number of ether oxygens (including phenoxy) is 2. The lowest BCUT2D eigenvalue weighted by Gasteiger charge is -2.18. The molecule has 26 heavy (non-hydrogen) atoms. The van der Waals surface area contributed by atoms with Crippen molar-refractivity contribution in [1.82, 2.24) is 5.43 Å². The van der Waals surface area contributed by atoms with E-state index in [0.717, 1.165) is 16.7 Å². The summed E-state index contributed by atoms with van der Waals surface area (Å²) in [5.74, 6) is 1.15. The lowest BCUT2D eigenvalue weighted by atomic mass is 9.92. The van der Waals surface area contributed by atoms with Crippen LogP contribution in [0.1, 0.15) is 23.6 Å². The number of nitrogens with zero attached hydrogens (tertiary/aromatic N) is 2. The van der Waals surface area contributed by atoms with Gasteiger partial charge in [-0.15, -0.1) is 0 Å². The van der Waals surface area contributed by atoms with E-state index in [1.54, 1.807) is 38.6 Å². The number of allylic oxidation sites excluding steroid dienone is 1. The fourth-order valence-electron chi connectivity index (χ4n) is 2.94. The minimum Gasteiger partial charge on any atom is -0.493 e. The molecule has 0 saturated carbocycles. The molecule has 1 heterocycles. The normalized spacial score (nSPS) is 17.3. The number of benzene rings is 2. The molecule has 0 atom stereocenters. The van der Waals surface area contributed by atoms with Crippen LogP contribution in [0.5, 0.6) is 11.5 Å². The van der Waals surface area contributed by atoms with Gasteiger partial charge >= 0.3 is 0 Å².